The molecule has 0 saturated heterocycles. The molecule has 1 aliphatic heterocycles. The fraction of sp³-hybridized carbons (Fsp3) is 0.750. The first kappa shape index (κ1) is 24.7. The number of quaternary nitrogens is 1. The van der Waals surface area contributed by atoms with Crippen molar-refractivity contribution >= 4 is 49.6 Å². The van der Waals surface area contributed by atoms with E-state index in [4.69, 9.17) is 5.84 Å². The lowest BCUT2D eigenvalue weighted by molar-refractivity contribution is -0.893. The highest BCUT2D eigenvalue weighted by atomic mass is 35.5. The van der Waals surface area contributed by atoms with E-state index in [9.17, 15) is 0 Å². The van der Waals surface area contributed by atoms with Gasteiger partial charge < -0.3 is 4.90 Å². The molecule has 0 fully saturated rings. The molecule has 0 spiro atoms. The van der Waals surface area contributed by atoms with E-state index < -0.39 is 0 Å². The molecular formula is C8H22Cl4N3+. The highest BCUT2D eigenvalue weighted by Crippen LogP contribution is 2.11. The Hall–Kier alpha value is 0.620. The zero-order valence-corrected chi connectivity index (χ0v) is 12.4. The molecule has 0 aromatic heterocycles. The van der Waals surface area contributed by atoms with E-state index in [1.54, 1.807) is 0 Å². The SMILES string of the molecule is CCCC[N+]1(N)C=CN(C)C1.Cl.Cl.Cl.Cl. The molecular weight excluding hydrogens is 280 g/mol. The van der Waals surface area contributed by atoms with Gasteiger partial charge in [0.05, 0.1) is 6.20 Å². The van der Waals surface area contributed by atoms with E-state index >= 15 is 0 Å². The van der Waals surface area contributed by atoms with Crippen molar-refractivity contribution in [2.75, 3.05) is 20.3 Å². The largest absolute Gasteiger partial charge is 0.328 e. The van der Waals surface area contributed by atoms with Gasteiger partial charge in [0.2, 0.25) is 0 Å². The standard InChI is InChI=1S/C8H18N3.4ClH/c1-3-4-6-11(9)7-5-10(2)8-11;;;;/h5,7H,3-4,6,8-9H2,1-2H3;4*1H/q+1;;;;. The Labute approximate surface area is 117 Å². The fourth-order valence-electron chi connectivity index (χ4n) is 1.35. The van der Waals surface area contributed by atoms with E-state index in [1.807, 2.05) is 0 Å². The van der Waals surface area contributed by atoms with Gasteiger partial charge in [0.1, 0.15) is 12.7 Å². The molecule has 1 rings (SSSR count). The lowest BCUT2D eigenvalue weighted by atomic mass is 10.3. The third-order valence-electron chi connectivity index (χ3n) is 2.03. The summed E-state index contributed by atoms with van der Waals surface area (Å²) in [7, 11) is 2.05. The molecule has 1 aliphatic rings. The first-order chi connectivity index (χ1) is 5.16. The van der Waals surface area contributed by atoms with Crippen molar-refractivity contribution in [3.05, 3.63) is 12.4 Å². The Kier molecular flexibility index (Phi) is 18.3. The van der Waals surface area contributed by atoms with Crippen molar-refractivity contribution in [1.29, 1.82) is 0 Å². The summed E-state index contributed by atoms with van der Waals surface area (Å²) in [5.41, 5.74) is 0. The topological polar surface area (TPSA) is 29.3 Å². The minimum absolute atomic E-state index is 0. The maximum absolute atomic E-state index is 6.04. The molecule has 0 aromatic rings. The highest BCUT2D eigenvalue weighted by molar-refractivity contribution is 5.86. The van der Waals surface area contributed by atoms with Gasteiger partial charge in [-0.25, -0.2) is 4.59 Å². The summed E-state index contributed by atoms with van der Waals surface area (Å²) in [6, 6.07) is 0. The average molecular weight is 302 g/mol. The van der Waals surface area contributed by atoms with Gasteiger partial charge in [-0.05, 0) is 6.42 Å². The summed E-state index contributed by atoms with van der Waals surface area (Å²) in [5, 5.41) is 0. The van der Waals surface area contributed by atoms with Crippen LogP contribution in [-0.4, -0.2) is 29.8 Å². The van der Waals surface area contributed by atoms with Crippen LogP contribution in [0.25, 0.3) is 0 Å². The van der Waals surface area contributed by atoms with Crippen LogP contribution >= 0.6 is 49.6 Å². The average Bonchev–Trinajstić information content (AvgIpc) is 2.28. The molecule has 1 unspecified atom stereocenters. The predicted octanol–water partition coefficient (Wildman–Crippen LogP) is 2.54. The van der Waals surface area contributed by atoms with Crippen LogP contribution < -0.4 is 5.84 Å². The molecule has 0 saturated carbocycles. The summed E-state index contributed by atoms with van der Waals surface area (Å²) in [4.78, 5) is 2.12. The Bertz CT molecular complexity index is 168. The van der Waals surface area contributed by atoms with E-state index in [0.29, 0.717) is 4.59 Å². The van der Waals surface area contributed by atoms with Crippen LogP contribution in [0.4, 0.5) is 0 Å². The number of nitrogens with two attached hydrogens (primary N) is 1. The lowest BCUT2D eigenvalue weighted by Gasteiger charge is -2.25. The Morgan fingerprint density at radius 2 is 1.80 bits per heavy atom. The van der Waals surface area contributed by atoms with Gasteiger partial charge in [-0.1, -0.05) is 13.3 Å². The van der Waals surface area contributed by atoms with Crippen LogP contribution in [0.3, 0.4) is 0 Å². The van der Waals surface area contributed by atoms with Gasteiger partial charge in [-0.3, -0.25) is 0 Å². The molecule has 0 aliphatic carbocycles. The Morgan fingerprint density at radius 3 is 2.13 bits per heavy atom. The van der Waals surface area contributed by atoms with Crippen molar-refractivity contribution in [3.8, 4) is 0 Å². The molecule has 2 N–H and O–H groups in total. The summed E-state index contributed by atoms with van der Waals surface area (Å²) < 4.78 is 0.588. The van der Waals surface area contributed by atoms with Gasteiger partial charge >= 0.3 is 0 Å². The van der Waals surface area contributed by atoms with E-state index in [2.05, 4.69) is 31.3 Å². The van der Waals surface area contributed by atoms with Crippen LogP contribution in [0.15, 0.2) is 12.4 Å². The molecule has 7 heteroatoms. The van der Waals surface area contributed by atoms with Gasteiger partial charge in [-0.15, -0.1) is 49.6 Å². The number of nitrogens with zero attached hydrogens (tertiary/aromatic N) is 2. The minimum Gasteiger partial charge on any atom is -0.328 e. The van der Waals surface area contributed by atoms with E-state index in [1.165, 1.54) is 12.8 Å². The monoisotopic (exact) mass is 300 g/mol. The molecule has 0 aromatic carbocycles. The van der Waals surface area contributed by atoms with E-state index in [-0.39, 0.29) is 49.6 Å². The number of hydrogen-bond donors (Lipinski definition) is 1. The third-order valence-corrected chi connectivity index (χ3v) is 2.03. The van der Waals surface area contributed by atoms with Crippen LogP contribution in [0.1, 0.15) is 19.8 Å². The highest BCUT2D eigenvalue weighted by Gasteiger charge is 2.25. The van der Waals surface area contributed by atoms with Crippen molar-refractivity contribution in [1.82, 2.24) is 4.90 Å². The fourth-order valence-corrected chi connectivity index (χ4v) is 1.35. The second kappa shape index (κ2) is 11.1. The predicted molar refractivity (Wildman–Crippen MR) is 75.0 cm³/mol. The molecule has 0 radical (unpaired) electrons. The van der Waals surface area contributed by atoms with Gasteiger partial charge in [-0.2, -0.15) is 5.84 Å². The lowest BCUT2D eigenvalue weighted by Crippen LogP contribution is -2.51. The molecule has 15 heavy (non-hydrogen) atoms. The summed E-state index contributed by atoms with van der Waals surface area (Å²) >= 11 is 0. The summed E-state index contributed by atoms with van der Waals surface area (Å²) in [6.07, 6.45) is 6.54. The van der Waals surface area contributed by atoms with Gasteiger partial charge in [0, 0.05) is 7.05 Å². The van der Waals surface area contributed by atoms with Crippen LogP contribution in [-0.2, 0) is 0 Å². The molecule has 96 valence electrons. The second-order valence-electron chi connectivity index (χ2n) is 3.38. The second-order valence-corrected chi connectivity index (χ2v) is 3.38. The van der Waals surface area contributed by atoms with Crippen LogP contribution in [0, 0.1) is 0 Å². The van der Waals surface area contributed by atoms with Gasteiger partial charge in [0.15, 0.2) is 6.67 Å². The van der Waals surface area contributed by atoms with Gasteiger partial charge in [0.25, 0.3) is 0 Å². The first-order valence-electron chi connectivity index (χ1n) is 4.21. The summed E-state index contributed by atoms with van der Waals surface area (Å²) in [6.45, 7) is 4.16. The van der Waals surface area contributed by atoms with E-state index in [0.717, 1.165) is 13.2 Å². The zero-order valence-electron chi connectivity index (χ0n) is 9.09. The number of hydrogen-bond acceptors (Lipinski definition) is 2. The zero-order chi connectivity index (χ0) is 8.32. The Morgan fingerprint density at radius 1 is 1.27 bits per heavy atom. The molecule has 1 atom stereocenters. The molecule has 3 nitrogen and oxygen atoms in total. The molecule has 0 amide bonds. The van der Waals surface area contributed by atoms with Crippen molar-refractivity contribution < 1.29 is 4.59 Å². The normalized spacial score (nSPS) is 21.9. The first-order valence-corrected chi connectivity index (χ1v) is 4.21. The Balaban J connectivity index is -0.000000151. The third kappa shape index (κ3) is 8.43. The quantitative estimate of drug-likeness (QED) is 0.641. The minimum atomic E-state index is 0. The van der Waals surface area contributed by atoms with Crippen molar-refractivity contribution in [2.45, 2.75) is 19.8 Å². The van der Waals surface area contributed by atoms with Crippen LogP contribution in [0.5, 0.6) is 0 Å². The number of rotatable bonds is 3. The maximum atomic E-state index is 6.04. The molecule has 1 heterocycles. The maximum Gasteiger partial charge on any atom is 0.175 e. The van der Waals surface area contributed by atoms with Crippen LogP contribution in [0.2, 0.25) is 0 Å². The number of halogens is 4. The molecule has 0 bridgehead atoms. The number of unbranched alkanes of at least 4 members (excludes halogenated alkanes) is 1. The smallest absolute Gasteiger partial charge is 0.175 e. The van der Waals surface area contributed by atoms with Crippen molar-refractivity contribution in [2.24, 2.45) is 5.84 Å². The summed E-state index contributed by atoms with van der Waals surface area (Å²) in [5.74, 6) is 6.04. The van der Waals surface area contributed by atoms with Crippen molar-refractivity contribution in [3.63, 3.8) is 0 Å².